The van der Waals surface area contributed by atoms with Crippen LogP contribution in [-0.4, -0.2) is 76.2 Å². The van der Waals surface area contributed by atoms with E-state index in [0.29, 0.717) is 30.5 Å². The number of esters is 2. The van der Waals surface area contributed by atoms with E-state index in [1.807, 2.05) is 0 Å². The van der Waals surface area contributed by atoms with Crippen molar-refractivity contribution in [2.75, 3.05) is 60.4 Å². The van der Waals surface area contributed by atoms with Gasteiger partial charge >= 0.3 is 20.7 Å². The van der Waals surface area contributed by atoms with Gasteiger partial charge in [-0.3, -0.25) is 0 Å². The monoisotopic (exact) mass is 455 g/mol. The lowest BCUT2D eigenvalue weighted by molar-refractivity contribution is -0.140. The fourth-order valence-corrected chi connectivity index (χ4v) is 4.81. The SMILES string of the molecule is COC(=O)C1=C(C(=O)OC)N(c2cccc(OCCC[Si](OC)(OC)OC)c2)COC1. The second kappa shape index (κ2) is 11.8. The molecule has 0 saturated carbocycles. The molecule has 0 aromatic heterocycles. The molecule has 0 atom stereocenters. The van der Waals surface area contributed by atoms with Crippen molar-refractivity contribution in [1.82, 2.24) is 0 Å². The fourth-order valence-electron chi connectivity index (χ4n) is 3.12. The van der Waals surface area contributed by atoms with Crippen LogP contribution in [0.2, 0.25) is 6.04 Å². The van der Waals surface area contributed by atoms with Crippen LogP contribution < -0.4 is 9.64 Å². The third kappa shape index (κ3) is 6.05. The molecule has 172 valence electrons. The smallest absolute Gasteiger partial charge is 0.494 e. The first-order chi connectivity index (χ1) is 14.9. The Balaban J connectivity index is 2.16. The second-order valence-corrected chi connectivity index (χ2v) is 9.55. The highest BCUT2D eigenvalue weighted by Gasteiger charge is 2.37. The molecule has 11 heteroatoms. The summed E-state index contributed by atoms with van der Waals surface area (Å²) in [5.74, 6) is -0.721. The maximum Gasteiger partial charge on any atom is 0.500 e. The van der Waals surface area contributed by atoms with E-state index < -0.39 is 20.7 Å². The number of anilines is 1. The first kappa shape index (κ1) is 24.8. The summed E-state index contributed by atoms with van der Waals surface area (Å²) >= 11 is 0. The molecule has 0 aliphatic carbocycles. The molecule has 31 heavy (non-hydrogen) atoms. The first-order valence-electron chi connectivity index (χ1n) is 9.58. The molecule has 0 N–H and O–H groups in total. The van der Waals surface area contributed by atoms with Crippen LogP contribution in [0.15, 0.2) is 35.5 Å². The van der Waals surface area contributed by atoms with Crippen molar-refractivity contribution in [3.8, 4) is 5.75 Å². The maximum atomic E-state index is 12.4. The number of nitrogens with zero attached hydrogens (tertiary/aromatic N) is 1. The normalized spacial score (nSPS) is 14.4. The maximum absolute atomic E-state index is 12.4. The van der Waals surface area contributed by atoms with Crippen molar-refractivity contribution in [2.45, 2.75) is 12.5 Å². The van der Waals surface area contributed by atoms with Gasteiger partial charge in [-0.25, -0.2) is 9.59 Å². The van der Waals surface area contributed by atoms with E-state index in [1.165, 1.54) is 14.2 Å². The largest absolute Gasteiger partial charge is 0.500 e. The molecule has 1 aromatic carbocycles. The molecule has 10 nitrogen and oxygen atoms in total. The molecule has 1 aliphatic rings. The number of rotatable bonds is 11. The zero-order chi connectivity index (χ0) is 22.9. The highest BCUT2D eigenvalue weighted by Crippen LogP contribution is 2.29. The molecule has 1 heterocycles. The van der Waals surface area contributed by atoms with Crippen molar-refractivity contribution in [2.24, 2.45) is 0 Å². The van der Waals surface area contributed by atoms with Gasteiger partial charge in [0.05, 0.1) is 33.0 Å². The molecule has 0 unspecified atom stereocenters. The van der Waals surface area contributed by atoms with E-state index in [2.05, 4.69) is 0 Å². The van der Waals surface area contributed by atoms with Gasteiger partial charge in [-0.15, -0.1) is 0 Å². The summed E-state index contributed by atoms with van der Waals surface area (Å²) < 4.78 is 37.2. The summed E-state index contributed by atoms with van der Waals surface area (Å²) in [6.45, 7) is 0.434. The minimum atomic E-state index is -2.65. The van der Waals surface area contributed by atoms with E-state index in [0.717, 1.165) is 0 Å². The lowest BCUT2D eigenvalue weighted by Gasteiger charge is -2.31. The van der Waals surface area contributed by atoms with Crippen molar-refractivity contribution < 1.29 is 41.8 Å². The zero-order valence-corrected chi connectivity index (χ0v) is 19.5. The molecule has 0 spiro atoms. The van der Waals surface area contributed by atoms with Crippen molar-refractivity contribution in [3.63, 3.8) is 0 Å². The third-order valence-electron chi connectivity index (χ3n) is 4.79. The number of ether oxygens (including phenoxy) is 4. The number of hydrogen-bond donors (Lipinski definition) is 0. The number of benzene rings is 1. The van der Waals surface area contributed by atoms with Gasteiger partial charge in [-0.05, 0) is 18.6 Å². The Kier molecular flexibility index (Phi) is 9.46. The molecule has 0 fully saturated rings. The summed E-state index contributed by atoms with van der Waals surface area (Å²) in [7, 11) is 4.55. The van der Waals surface area contributed by atoms with Crippen LogP contribution in [0.4, 0.5) is 5.69 Å². The standard InChI is InChI=1S/C20H29NO9Si/c1-24-19(22)17-13-29-14-21(18(17)20(23)25-2)15-8-6-9-16(12-15)30-10-7-11-31(26-3,27-4)28-5/h6,8-9,12H,7,10-11,13-14H2,1-5H3. The Morgan fingerprint density at radius 3 is 2.32 bits per heavy atom. The highest BCUT2D eigenvalue weighted by molar-refractivity contribution is 6.60. The molecular formula is C20H29NO9Si. The van der Waals surface area contributed by atoms with Gasteiger partial charge in [0.2, 0.25) is 0 Å². The highest BCUT2D eigenvalue weighted by atomic mass is 28.4. The van der Waals surface area contributed by atoms with Gasteiger partial charge in [0.1, 0.15) is 18.2 Å². The van der Waals surface area contributed by atoms with Crippen LogP contribution in [0.5, 0.6) is 5.75 Å². The van der Waals surface area contributed by atoms with Gasteiger partial charge in [-0.1, -0.05) is 6.07 Å². The van der Waals surface area contributed by atoms with E-state index >= 15 is 0 Å². The second-order valence-electron chi connectivity index (χ2n) is 6.46. The quantitative estimate of drug-likeness (QED) is 0.278. The van der Waals surface area contributed by atoms with E-state index in [9.17, 15) is 9.59 Å². The summed E-state index contributed by atoms with van der Waals surface area (Å²) in [4.78, 5) is 26.1. The molecule has 0 bridgehead atoms. The van der Waals surface area contributed by atoms with Crippen LogP contribution in [0, 0.1) is 0 Å². The Hall–Kier alpha value is -2.44. The molecule has 1 aliphatic heterocycles. The van der Waals surface area contributed by atoms with Crippen LogP contribution >= 0.6 is 0 Å². The number of hydrogen-bond acceptors (Lipinski definition) is 10. The average Bonchev–Trinajstić information content (AvgIpc) is 2.83. The molecule has 2 rings (SSSR count). The van der Waals surface area contributed by atoms with Gasteiger partial charge in [0.25, 0.3) is 0 Å². The van der Waals surface area contributed by atoms with Crippen molar-refractivity contribution in [1.29, 1.82) is 0 Å². The Morgan fingerprint density at radius 1 is 1.03 bits per heavy atom. The molecule has 0 amide bonds. The van der Waals surface area contributed by atoms with E-state index in [-0.39, 0.29) is 24.6 Å². The lowest BCUT2D eigenvalue weighted by atomic mass is 10.1. The number of carbonyl (C=O) groups is 2. The van der Waals surface area contributed by atoms with Gasteiger partial charge in [0, 0.05) is 39.1 Å². The Bertz CT molecular complexity index is 786. The predicted octanol–water partition coefficient (Wildman–Crippen LogP) is 1.73. The summed E-state index contributed by atoms with van der Waals surface area (Å²) in [6, 6.07) is 7.71. The number of carbonyl (C=O) groups excluding carboxylic acids is 2. The van der Waals surface area contributed by atoms with E-state index in [4.69, 9.17) is 32.2 Å². The van der Waals surface area contributed by atoms with Gasteiger partial charge in [0.15, 0.2) is 0 Å². The van der Waals surface area contributed by atoms with Crippen LogP contribution in [-0.2, 0) is 37.1 Å². The van der Waals surface area contributed by atoms with Crippen LogP contribution in [0.25, 0.3) is 0 Å². The molecule has 1 aromatic rings. The topological polar surface area (TPSA) is 102 Å². The minimum absolute atomic E-state index is 0.0477. The average molecular weight is 456 g/mol. The molecular weight excluding hydrogens is 426 g/mol. The predicted molar refractivity (Wildman–Crippen MR) is 112 cm³/mol. The molecule has 0 saturated heterocycles. The van der Waals surface area contributed by atoms with E-state index in [1.54, 1.807) is 50.5 Å². The van der Waals surface area contributed by atoms with Crippen molar-refractivity contribution in [3.05, 3.63) is 35.5 Å². The fraction of sp³-hybridized carbons (Fsp3) is 0.500. The molecule has 0 radical (unpaired) electrons. The van der Waals surface area contributed by atoms with Crippen molar-refractivity contribution >= 4 is 26.4 Å². The summed E-state index contributed by atoms with van der Waals surface area (Å²) in [5, 5.41) is 0. The van der Waals surface area contributed by atoms with Crippen LogP contribution in [0.1, 0.15) is 6.42 Å². The summed E-state index contributed by atoms with van der Waals surface area (Å²) in [6.07, 6.45) is 0.665. The van der Waals surface area contributed by atoms with Crippen LogP contribution in [0.3, 0.4) is 0 Å². The first-order valence-corrected chi connectivity index (χ1v) is 11.5. The lowest BCUT2D eigenvalue weighted by Crippen LogP contribution is -2.42. The Labute approximate surface area is 182 Å². The number of methoxy groups -OCH3 is 2. The van der Waals surface area contributed by atoms with Gasteiger partial charge in [-0.2, -0.15) is 0 Å². The summed E-state index contributed by atoms with van der Waals surface area (Å²) in [5.41, 5.74) is 0.772. The third-order valence-corrected chi connectivity index (χ3v) is 7.62. The Morgan fingerprint density at radius 2 is 1.71 bits per heavy atom. The van der Waals surface area contributed by atoms with Gasteiger partial charge < -0.3 is 37.1 Å². The minimum Gasteiger partial charge on any atom is -0.494 e. The zero-order valence-electron chi connectivity index (χ0n) is 18.5.